The van der Waals surface area contributed by atoms with Gasteiger partial charge in [-0.3, -0.25) is 14.5 Å². The van der Waals surface area contributed by atoms with Crippen LogP contribution in [-0.2, 0) is 15.0 Å². The Hall–Kier alpha value is -2.37. The molecule has 6 nitrogen and oxygen atoms in total. The Bertz CT molecular complexity index is 694. The van der Waals surface area contributed by atoms with E-state index in [9.17, 15) is 14.4 Å². The quantitative estimate of drug-likeness (QED) is 0.723. The van der Waals surface area contributed by atoms with Gasteiger partial charge in [0, 0.05) is 24.9 Å². The molecule has 0 bridgehead atoms. The lowest BCUT2D eigenvalue weighted by Gasteiger charge is -2.38. The molecule has 0 atom stereocenters. The van der Waals surface area contributed by atoms with Crippen molar-refractivity contribution >= 4 is 17.8 Å². The largest absolute Gasteiger partial charge is 0.355 e. The molecule has 2 N–H and O–H groups in total. The first-order chi connectivity index (χ1) is 13.0. The monoisotopic (exact) mass is 371 g/mol. The number of carbonyl (C=O) groups is 3. The van der Waals surface area contributed by atoms with Gasteiger partial charge in [-0.15, -0.1) is 0 Å². The predicted octanol–water partition coefficient (Wildman–Crippen LogP) is 2.65. The van der Waals surface area contributed by atoms with Gasteiger partial charge in [-0.2, -0.15) is 0 Å². The second-order valence-corrected chi connectivity index (χ2v) is 7.79. The smallest absolute Gasteiger partial charge is 0.324 e. The molecule has 1 saturated heterocycles. The van der Waals surface area contributed by atoms with Gasteiger partial charge in [0.25, 0.3) is 0 Å². The van der Waals surface area contributed by atoms with Crippen molar-refractivity contribution in [3.8, 4) is 0 Å². The molecule has 0 unspecified atom stereocenters. The third-order valence-electron chi connectivity index (χ3n) is 5.79. The van der Waals surface area contributed by atoms with Crippen LogP contribution in [0.2, 0.25) is 0 Å². The van der Waals surface area contributed by atoms with Gasteiger partial charge >= 0.3 is 6.03 Å². The summed E-state index contributed by atoms with van der Waals surface area (Å²) in [6.45, 7) is 3.11. The Balaban J connectivity index is 1.53. The van der Waals surface area contributed by atoms with E-state index in [0.29, 0.717) is 25.9 Å². The first-order valence-electron chi connectivity index (χ1n) is 9.92. The molecule has 1 aromatic carbocycles. The van der Waals surface area contributed by atoms with Crippen LogP contribution in [0, 0.1) is 6.92 Å². The zero-order valence-electron chi connectivity index (χ0n) is 16.1. The topological polar surface area (TPSA) is 78.5 Å². The van der Waals surface area contributed by atoms with Crippen molar-refractivity contribution in [1.29, 1.82) is 0 Å². The molecule has 3 rings (SSSR count). The number of aryl methyl sites for hydroxylation is 1. The van der Waals surface area contributed by atoms with Gasteiger partial charge in [0.05, 0.1) is 6.54 Å². The summed E-state index contributed by atoms with van der Waals surface area (Å²) in [6, 6.07) is 8.27. The average Bonchev–Trinajstić information content (AvgIpc) is 2.99. The van der Waals surface area contributed by atoms with Gasteiger partial charge in [-0.25, -0.2) is 4.79 Å². The number of nitrogens with one attached hydrogen (secondary N) is 2. The Morgan fingerprint density at radius 2 is 2.00 bits per heavy atom. The molecule has 27 heavy (non-hydrogen) atoms. The number of hydrogen-bond donors (Lipinski definition) is 2. The Morgan fingerprint density at radius 1 is 1.22 bits per heavy atom. The lowest BCUT2D eigenvalue weighted by Crippen LogP contribution is -2.42. The Labute approximate surface area is 160 Å². The van der Waals surface area contributed by atoms with Crippen LogP contribution in [0.3, 0.4) is 0 Å². The van der Waals surface area contributed by atoms with Crippen molar-refractivity contribution < 1.29 is 14.4 Å². The number of nitrogens with zero attached hydrogens (tertiary/aromatic N) is 1. The summed E-state index contributed by atoms with van der Waals surface area (Å²) in [5.41, 5.74) is 2.59. The third kappa shape index (κ3) is 4.67. The second-order valence-electron chi connectivity index (χ2n) is 7.79. The molecule has 0 spiro atoms. The maximum absolute atomic E-state index is 12.3. The maximum Gasteiger partial charge on any atom is 0.324 e. The first-order valence-corrected chi connectivity index (χ1v) is 9.92. The molecule has 0 aromatic heterocycles. The van der Waals surface area contributed by atoms with Crippen LogP contribution in [0.5, 0.6) is 0 Å². The van der Waals surface area contributed by atoms with Gasteiger partial charge in [0.15, 0.2) is 0 Å². The van der Waals surface area contributed by atoms with E-state index in [0.717, 1.165) is 12.8 Å². The fourth-order valence-corrected chi connectivity index (χ4v) is 4.21. The summed E-state index contributed by atoms with van der Waals surface area (Å²) >= 11 is 0. The molecule has 6 heteroatoms. The van der Waals surface area contributed by atoms with Crippen LogP contribution in [0.25, 0.3) is 0 Å². The average molecular weight is 371 g/mol. The van der Waals surface area contributed by atoms with Crippen LogP contribution in [0.4, 0.5) is 4.79 Å². The Kier molecular flexibility index (Phi) is 6.14. The first kappa shape index (κ1) is 19.4. The van der Waals surface area contributed by atoms with Crippen molar-refractivity contribution in [2.75, 3.05) is 19.6 Å². The number of imide groups is 1. The summed E-state index contributed by atoms with van der Waals surface area (Å²) in [5, 5.41) is 5.61. The summed E-state index contributed by atoms with van der Waals surface area (Å²) < 4.78 is 0. The molecular weight excluding hydrogens is 342 g/mol. The lowest BCUT2D eigenvalue weighted by atomic mass is 9.69. The summed E-state index contributed by atoms with van der Waals surface area (Å²) in [7, 11) is 0. The lowest BCUT2D eigenvalue weighted by molar-refractivity contribution is -0.126. The van der Waals surface area contributed by atoms with Crippen molar-refractivity contribution in [2.45, 2.75) is 57.3 Å². The summed E-state index contributed by atoms with van der Waals surface area (Å²) in [6.07, 6.45) is 6.64. The van der Waals surface area contributed by atoms with E-state index in [-0.39, 0.29) is 29.8 Å². The fourth-order valence-electron chi connectivity index (χ4n) is 4.21. The highest BCUT2D eigenvalue weighted by Gasteiger charge is 2.34. The highest BCUT2D eigenvalue weighted by molar-refractivity contribution is 6.01. The zero-order valence-corrected chi connectivity index (χ0v) is 16.1. The molecule has 1 heterocycles. The molecule has 2 fully saturated rings. The van der Waals surface area contributed by atoms with Crippen LogP contribution < -0.4 is 10.6 Å². The molecule has 0 radical (unpaired) electrons. The predicted molar refractivity (Wildman–Crippen MR) is 103 cm³/mol. The number of urea groups is 1. The van der Waals surface area contributed by atoms with Crippen LogP contribution in [0.15, 0.2) is 24.3 Å². The second kappa shape index (κ2) is 8.55. The Morgan fingerprint density at radius 3 is 2.67 bits per heavy atom. The minimum absolute atomic E-state index is 0.0142. The van der Waals surface area contributed by atoms with Crippen molar-refractivity contribution in [1.82, 2.24) is 15.5 Å². The third-order valence-corrected chi connectivity index (χ3v) is 5.79. The molecule has 1 saturated carbocycles. The molecule has 1 aromatic rings. The molecule has 1 aliphatic heterocycles. The fraction of sp³-hybridized carbons (Fsp3) is 0.571. The number of rotatable bonds is 7. The van der Waals surface area contributed by atoms with Gasteiger partial charge in [0.2, 0.25) is 11.8 Å². The molecular formula is C21H29N3O3. The van der Waals surface area contributed by atoms with E-state index in [2.05, 4.69) is 41.8 Å². The summed E-state index contributed by atoms with van der Waals surface area (Å²) in [4.78, 5) is 36.6. The maximum atomic E-state index is 12.3. The van der Waals surface area contributed by atoms with E-state index >= 15 is 0 Å². The molecule has 1 aliphatic carbocycles. The minimum atomic E-state index is -0.360. The molecule has 2 aliphatic rings. The highest BCUT2D eigenvalue weighted by Crippen LogP contribution is 2.39. The normalized spacial score (nSPS) is 19.1. The van der Waals surface area contributed by atoms with E-state index in [1.807, 2.05) is 0 Å². The summed E-state index contributed by atoms with van der Waals surface area (Å²) in [5.74, 6) is -0.235. The number of carbonyl (C=O) groups excluding carboxylic acids is 3. The SMILES string of the molecule is Cc1cccc(C2(CNC(=O)CCCN3C(=O)CNC3=O)CCCCC2)c1. The van der Waals surface area contributed by atoms with Crippen LogP contribution in [-0.4, -0.2) is 42.4 Å². The van der Waals surface area contributed by atoms with Crippen LogP contribution >= 0.6 is 0 Å². The van der Waals surface area contributed by atoms with Crippen LogP contribution in [0.1, 0.15) is 56.1 Å². The van der Waals surface area contributed by atoms with E-state index in [1.54, 1.807) is 0 Å². The zero-order chi connectivity index (χ0) is 19.3. The van der Waals surface area contributed by atoms with Gasteiger partial charge in [-0.1, -0.05) is 49.1 Å². The van der Waals surface area contributed by atoms with Crippen molar-refractivity contribution in [3.05, 3.63) is 35.4 Å². The standard InChI is InChI=1S/C21H29N3O3/c1-16-7-5-8-17(13-16)21(10-3-2-4-11-21)15-23-18(25)9-6-12-24-19(26)14-22-20(24)27/h5,7-8,13H,2-4,6,9-12,14-15H2,1H3,(H,22,27)(H,23,25). The molecule has 146 valence electrons. The number of hydrogen-bond acceptors (Lipinski definition) is 3. The highest BCUT2D eigenvalue weighted by atomic mass is 16.2. The van der Waals surface area contributed by atoms with Crippen molar-refractivity contribution in [2.24, 2.45) is 0 Å². The van der Waals surface area contributed by atoms with E-state index in [4.69, 9.17) is 0 Å². The minimum Gasteiger partial charge on any atom is -0.355 e. The van der Waals surface area contributed by atoms with E-state index < -0.39 is 0 Å². The van der Waals surface area contributed by atoms with Gasteiger partial charge < -0.3 is 10.6 Å². The van der Waals surface area contributed by atoms with Gasteiger partial charge in [-0.05, 0) is 31.7 Å². The van der Waals surface area contributed by atoms with E-state index in [1.165, 1.54) is 35.3 Å². The number of benzene rings is 1. The number of amides is 4. The van der Waals surface area contributed by atoms with Crippen molar-refractivity contribution in [3.63, 3.8) is 0 Å². The molecule has 4 amide bonds. The van der Waals surface area contributed by atoms with Gasteiger partial charge in [0.1, 0.15) is 0 Å².